The van der Waals surface area contributed by atoms with Gasteiger partial charge in [0.05, 0.1) is 0 Å². The van der Waals surface area contributed by atoms with E-state index >= 15 is 0 Å². The third-order valence-electron chi connectivity index (χ3n) is 3.65. The van der Waals surface area contributed by atoms with Crippen LogP contribution in [0.25, 0.3) is 0 Å². The summed E-state index contributed by atoms with van der Waals surface area (Å²) >= 11 is 0. The van der Waals surface area contributed by atoms with Gasteiger partial charge in [0.2, 0.25) is 0 Å². The van der Waals surface area contributed by atoms with Crippen LogP contribution in [0.5, 0.6) is 0 Å². The fourth-order valence-electron chi connectivity index (χ4n) is 2.30. The Morgan fingerprint density at radius 3 is 2.17 bits per heavy atom. The summed E-state index contributed by atoms with van der Waals surface area (Å²) in [6.07, 6.45) is 0. The Labute approximate surface area is 113 Å². The first-order valence-electron chi connectivity index (χ1n) is 7.13. The fourth-order valence-corrected chi connectivity index (χ4v) is 2.30. The van der Waals surface area contributed by atoms with Gasteiger partial charge in [0.15, 0.2) is 0 Å². The molecule has 0 aliphatic rings. The van der Waals surface area contributed by atoms with Gasteiger partial charge in [-0.05, 0) is 31.6 Å². The zero-order valence-electron chi connectivity index (χ0n) is 12.4. The van der Waals surface area contributed by atoms with Crippen LogP contribution in [0, 0.1) is 0 Å². The lowest BCUT2D eigenvalue weighted by Crippen LogP contribution is -2.34. The van der Waals surface area contributed by atoms with Crippen LogP contribution in [0.2, 0.25) is 0 Å². The smallest absolute Gasteiger partial charge is 0.0109 e. The van der Waals surface area contributed by atoms with E-state index in [2.05, 4.69) is 68.0 Å². The van der Waals surface area contributed by atoms with Crippen LogP contribution in [0.1, 0.15) is 32.3 Å². The summed E-state index contributed by atoms with van der Waals surface area (Å²) in [7, 11) is 2.23. The standard InChI is InChI=1S/C16H28N2/c1-5-18(6-2)13-12-17(4)14-15(3)16-10-8-7-9-11-16/h7-11,15H,5-6,12-14H2,1-4H3. The number of benzene rings is 1. The van der Waals surface area contributed by atoms with Gasteiger partial charge in [0, 0.05) is 19.6 Å². The Morgan fingerprint density at radius 1 is 1.00 bits per heavy atom. The molecule has 0 aliphatic carbocycles. The molecule has 18 heavy (non-hydrogen) atoms. The highest BCUT2D eigenvalue weighted by Gasteiger charge is 2.09. The van der Waals surface area contributed by atoms with E-state index in [4.69, 9.17) is 0 Å². The van der Waals surface area contributed by atoms with Crippen molar-refractivity contribution in [1.82, 2.24) is 9.80 Å². The molecule has 0 spiro atoms. The lowest BCUT2D eigenvalue weighted by molar-refractivity contribution is 0.235. The molecule has 0 saturated carbocycles. The third kappa shape index (κ3) is 5.19. The number of rotatable bonds is 8. The summed E-state index contributed by atoms with van der Waals surface area (Å²) in [4.78, 5) is 4.92. The van der Waals surface area contributed by atoms with Gasteiger partial charge >= 0.3 is 0 Å². The predicted molar refractivity (Wildman–Crippen MR) is 80.1 cm³/mol. The van der Waals surface area contributed by atoms with Gasteiger partial charge in [-0.25, -0.2) is 0 Å². The summed E-state index contributed by atoms with van der Waals surface area (Å²) in [5, 5.41) is 0. The monoisotopic (exact) mass is 248 g/mol. The average molecular weight is 248 g/mol. The first kappa shape index (κ1) is 15.2. The van der Waals surface area contributed by atoms with Crippen molar-refractivity contribution >= 4 is 0 Å². The Balaban J connectivity index is 2.33. The molecule has 0 saturated heterocycles. The first-order chi connectivity index (χ1) is 8.67. The van der Waals surface area contributed by atoms with Crippen LogP contribution in [-0.4, -0.2) is 49.6 Å². The zero-order valence-corrected chi connectivity index (χ0v) is 12.4. The van der Waals surface area contributed by atoms with Crippen molar-refractivity contribution in [2.24, 2.45) is 0 Å². The molecule has 0 amide bonds. The van der Waals surface area contributed by atoms with Crippen molar-refractivity contribution in [3.8, 4) is 0 Å². The van der Waals surface area contributed by atoms with E-state index in [0.29, 0.717) is 5.92 Å². The Kier molecular flexibility index (Phi) is 6.99. The van der Waals surface area contributed by atoms with Crippen molar-refractivity contribution in [3.05, 3.63) is 35.9 Å². The molecule has 1 atom stereocenters. The molecule has 0 aliphatic heterocycles. The second-order valence-corrected chi connectivity index (χ2v) is 5.10. The van der Waals surface area contributed by atoms with Crippen molar-refractivity contribution in [2.45, 2.75) is 26.7 Å². The molecule has 1 rings (SSSR count). The molecule has 2 nitrogen and oxygen atoms in total. The van der Waals surface area contributed by atoms with Crippen LogP contribution in [0.4, 0.5) is 0 Å². The molecule has 0 aromatic heterocycles. The van der Waals surface area contributed by atoms with Gasteiger partial charge in [0.25, 0.3) is 0 Å². The molecule has 0 bridgehead atoms. The van der Waals surface area contributed by atoms with E-state index in [9.17, 15) is 0 Å². The van der Waals surface area contributed by atoms with Crippen molar-refractivity contribution in [1.29, 1.82) is 0 Å². The van der Waals surface area contributed by atoms with Crippen molar-refractivity contribution in [3.63, 3.8) is 0 Å². The lowest BCUT2D eigenvalue weighted by Gasteiger charge is -2.25. The Hall–Kier alpha value is -0.860. The average Bonchev–Trinajstić information content (AvgIpc) is 2.41. The lowest BCUT2D eigenvalue weighted by atomic mass is 10.0. The number of hydrogen-bond acceptors (Lipinski definition) is 2. The van der Waals surface area contributed by atoms with E-state index in [-0.39, 0.29) is 0 Å². The van der Waals surface area contributed by atoms with E-state index in [1.54, 1.807) is 0 Å². The molecule has 0 N–H and O–H groups in total. The topological polar surface area (TPSA) is 6.48 Å². The quantitative estimate of drug-likeness (QED) is 0.697. The van der Waals surface area contributed by atoms with Gasteiger partial charge in [0.1, 0.15) is 0 Å². The van der Waals surface area contributed by atoms with Gasteiger partial charge in [-0.2, -0.15) is 0 Å². The summed E-state index contributed by atoms with van der Waals surface area (Å²) in [5.74, 6) is 0.605. The molecule has 0 radical (unpaired) electrons. The van der Waals surface area contributed by atoms with E-state index in [1.807, 2.05) is 0 Å². The summed E-state index contributed by atoms with van der Waals surface area (Å²) in [6, 6.07) is 10.8. The molecule has 0 fully saturated rings. The SMILES string of the molecule is CCN(CC)CCN(C)CC(C)c1ccccc1. The molecule has 1 aromatic rings. The molecular weight excluding hydrogens is 220 g/mol. The number of nitrogens with zero attached hydrogens (tertiary/aromatic N) is 2. The highest BCUT2D eigenvalue weighted by molar-refractivity contribution is 5.18. The van der Waals surface area contributed by atoms with Crippen LogP contribution in [0.3, 0.4) is 0 Å². The third-order valence-corrected chi connectivity index (χ3v) is 3.65. The van der Waals surface area contributed by atoms with E-state index < -0.39 is 0 Å². The molecule has 1 aromatic carbocycles. The maximum atomic E-state index is 2.48. The molecule has 102 valence electrons. The van der Waals surface area contributed by atoms with E-state index in [0.717, 1.165) is 26.2 Å². The predicted octanol–water partition coefficient (Wildman–Crippen LogP) is 3.06. The van der Waals surface area contributed by atoms with Crippen LogP contribution in [-0.2, 0) is 0 Å². The molecule has 1 unspecified atom stereocenters. The Morgan fingerprint density at radius 2 is 1.61 bits per heavy atom. The summed E-state index contributed by atoms with van der Waals surface area (Å²) in [5.41, 5.74) is 1.44. The van der Waals surface area contributed by atoms with Gasteiger partial charge in [-0.15, -0.1) is 0 Å². The largest absolute Gasteiger partial charge is 0.305 e. The summed E-state index contributed by atoms with van der Waals surface area (Å²) in [6.45, 7) is 12.5. The van der Waals surface area contributed by atoms with Gasteiger partial charge < -0.3 is 9.80 Å². The van der Waals surface area contributed by atoms with Gasteiger partial charge in [-0.3, -0.25) is 0 Å². The highest BCUT2D eigenvalue weighted by Crippen LogP contribution is 2.15. The minimum absolute atomic E-state index is 0.605. The minimum atomic E-state index is 0.605. The highest BCUT2D eigenvalue weighted by atomic mass is 15.2. The number of hydrogen-bond donors (Lipinski definition) is 0. The first-order valence-corrected chi connectivity index (χ1v) is 7.13. The van der Waals surface area contributed by atoms with Crippen LogP contribution >= 0.6 is 0 Å². The maximum absolute atomic E-state index is 2.48. The maximum Gasteiger partial charge on any atom is 0.0109 e. The van der Waals surface area contributed by atoms with Crippen LogP contribution in [0.15, 0.2) is 30.3 Å². The van der Waals surface area contributed by atoms with Crippen molar-refractivity contribution < 1.29 is 0 Å². The Bertz CT molecular complexity index is 306. The van der Waals surface area contributed by atoms with E-state index in [1.165, 1.54) is 12.1 Å². The summed E-state index contributed by atoms with van der Waals surface area (Å²) < 4.78 is 0. The molecule has 2 heteroatoms. The molecular formula is C16H28N2. The number of likely N-dealkylation sites (N-methyl/N-ethyl adjacent to an activating group) is 2. The second-order valence-electron chi connectivity index (χ2n) is 5.10. The molecule has 0 heterocycles. The minimum Gasteiger partial charge on any atom is -0.305 e. The fraction of sp³-hybridized carbons (Fsp3) is 0.625. The van der Waals surface area contributed by atoms with Gasteiger partial charge in [-0.1, -0.05) is 51.1 Å². The van der Waals surface area contributed by atoms with Crippen molar-refractivity contribution in [2.75, 3.05) is 39.8 Å². The zero-order chi connectivity index (χ0) is 13.4. The normalized spacial score (nSPS) is 13.2. The second kappa shape index (κ2) is 8.28. The van der Waals surface area contributed by atoms with Crippen LogP contribution < -0.4 is 0 Å².